The third-order valence-electron chi connectivity index (χ3n) is 4.59. The second kappa shape index (κ2) is 7.48. The van der Waals surface area contributed by atoms with Crippen LogP contribution in [0, 0.1) is 5.82 Å². The second-order valence-electron chi connectivity index (χ2n) is 6.31. The Balaban J connectivity index is 1.64. The molecule has 1 heterocycles. The smallest absolute Gasteiger partial charge is 0.263 e. The third-order valence-corrected chi connectivity index (χ3v) is 5.98. The first-order valence-electron chi connectivity index (χ1n) is 8.47. The van der Waals surface area contributed by atoms with Gasteiger partial charge in [0.05, 0.1) is 17.5 Å². The maximum Gasteiger partial charge on any atom is 0.263 e. The number of carbonyl (C=O) groups is 1. The molecule has 0 aliphatic carbocycles. The zero-order chi connectivity index (χ0) is 19.6. The molecule has 1 N–H and O–H groups in total. The van der Waals surface area contributed by atoms with E-state index in [1.807, 2.05) is 6.92 Å². The third kappa shape index (κ3) is 4.00. The second-order valence-corrected chi connectivity index (χ2v) is 7.96. The van der Waals surface area contributed by atoms with Crippen LogP contribution < -0.4 is 4.72 Å². The van der Waals surface area contributed by atoms with Crippen molar-refractivity contribution in [2.45, 2.75) is 24.3 Å². The molecular weight excluding hydrogens is 369 g/mol. The molecule has 1 aliphatic heterocycles. The number of halogens is 1. The minimum absolute atomic E-state index is 0.134. The van der Waals surface area contributed by atoms with E-state index in [4.69, 9.17) is 0 Å². The Morgan fingerprint density at radius 2 is 1.85 bits per heavy atom. The van der Waals surface area contributed by atoms with Crippen LogP contribution in [0.5, 0.6) is 0 Å². The number of benzene rings is 2. The first-order valence-corrected chi connectivity index (χ1v) is 9.96. The Bertz CT molecular complexity index is 988. The highest BCUT2D eigenvalue weighted by atomic mass is 32.2. The summed E-state index contributed by atoms with van der Waals surface area (Å²) >= 11 is 0. The minimum Gasteiger partial charge on any atom is -0.339 e. The van der Waals surface area contributed by atoms with Crippen LogP contribution in [0.3, 0.4) is 0 Å². The van der Waals surface area contributed by atoms with Crippen LogP contribution in [0.2, 0.25) is 0 Å². The molecule has 0 spiro atoms. The number of aliphatic imine (C=N–C) groups is 1. The predicted octanol–water partition coefficient (Wildman–Crippen LogP) is 2.47. The summed E-state index contributed by atoms with van der Waals surface area (Å²) in [7, 11) is -1.90. The highest BCUT2D eigenvalue weighted by Crippen LogP contribution is 2.22. The lowest BCUT2D eigenvalue weighted by atomic mass is 10.1. The van der Waals surface area contributed by atoms with E-state index in [0.717, 1.165) is 5.56 Å². The molecule has 0 saturated heterocycles. The van der Waals surface area contributed by atoms with Gasteiger partial charge in [0, 0.05) is 19.0 Å². The monoisotopic (exact) mass is 389 g/mol. The molecule has 0 unspecified atom stereocenters. The van der Waals surface area contributed by atoms with Crippen molar-refractivity contribution in [3.63, 3.8) is 0 Å². The number of carbonyl (C=O) groups excluding carboxylic acids is 1. The molecule has 27 heavy (non-hydrogen) atoms. The maximum atomic E-state index is 13.0. The van der Waals surface area contributed by atoms with Crippen LogP contribution in [0.25, 0.3) is 0 Å². The van der Waals surface area contributed by atoms with Crippen molar-refractivity contribution >= 4 is 21.8 Å². The van der Waals surface area contributed by atoms with Gasteiger partial charge in [-0.15, -0.1) is 0 Å². The number of fused-ring (bicyclic) bond motifs is 1. The van der Waals surface area contributed by atoms with Crippen LogP contribution in [0.4, 0.5) is 4.39 Å². The number of amidine groups is 1. The number of nitrogens with one attached hydrogen (secondary N) is 1. The van der Waals surface area contributed by atoms with Crippen molar-refractivity contribution in [1.82, 2.24) is 9.62 Å². The van der Waals surface area contributed by atoms with Gasteiger partial charge in [0.15, 0.2) is 0 Å². The van der Waals surface area contributed by atoms with E-state index in [2.05, 4.69) is 9.71 Å². The van der Waals surface area contributed by atoms with Gasteiger partial charge in [0.1, 0.15) is 11.7 Å². The van der Waals surface area contributed by atoms with Crippen molar-refractivity contribution in [3.05, 3.63) is 65.5 Å². The van der Waals surface area contributed by atoms with Crippen LogP contribution in [-0.4, -0.2) is 38.7 Å². The lowest BCUT2D eigenvalue weighted by molar-refractivity contribution is -0.131. The number of hydrogen-bond donors (Lipinski definition) is 1. The minimum atomic E-state index is -3.58. The fourth-order valence-corrected chi connectivity index (χ4v) is 4.12. The molecule has 142 valence electrons. The topological polar surface area (TPSA) is 78.8 Å². The SMILES string of the molecule is C[C@@H](c1ccc(F)cc1)N(C)C(=O)CCN=C1NS(=O)(=O)c2ccccc21. The van der Waals surface area contributed by atoms with Gasteiger partial charge < -0.3 is 4.90 Å². The summed E-state index contributed by atoms with van der Waals surface area (Å²) in [5.74, 6) is -0.201. The summed E-state index contributed by atoms with van der Waals surface area (Å²) in [6.45, 7) is 2.02. The Morgan fingerprint density at radius 1 is 1.19 bits per heavy atom. The van der Waals surface area contributed by atoms with Gasteiger partial charge in [-0.2, -0.15) is 0 Å². The number of amides is 1. The van der Waals surface area contributed by atoms with Crippen molar-refractivity contribution < 1.29 is 17.6 Å². The number of hydrogen-bond acceptors (Lipinski definition) is 4. The summed E-state index contributed by atoms with van der Waals surface area (Å²) in [5, 5.41) is 0. The van der Waals surface area contributed by atoms with Crippen molar-refractivity contribution in [3.8, 4) is 0 Å². The molecule has 1 aliphatic rings. The normalized spacial score (nSPS) is 17.2. The largest absolute Gasteiger partial charge is 0.339 e. The summed E-state index contributed by atoms with van der Waals surface area (Å²) in [6, 6.07) is 12.4. The summed E-state index contributed by atoms with van der Waals surface area (Å²) in [6.07, 6.45) is 0.134. The molecule has 0 aromatic heterocycles. The first kappa shape index (κ1) is 19.0. The van der Waals surface area contributed by atoms with Crippen LogP contribution in [0.1, 0.15) is 30.5 Å². The molecule has 6 nitrogen and oxygen atoms in total. The average Bonchev–Trinajstić information content (AvgIpc) is 2.92. The molecule has 2 aromatic carbocycles. The molecule has 0 saturated carbocycles. The average molecular weight is 389 g/mol. The van der Waals surface area contributed by atoms with Gasteiger partial charge in [-0.25, -0.2) is 12.8 Å². The Kier molecular flexibility index (Phi) is 5.27. The van der Waals surface area contributed by atoms with E-state index in [1.54, 1.807) is 42.3 Å². The Morgan fingerprint density at radius 3 is 2.56 bits per heavy atom. The first-order chi connectivity index (χ1) is 12.8. The fraction of sp³-hybridized carbons (Fsp3) is 0.263. The number of rotatable bonds is 5. The van der Waals surface area contributed by atoms with Crippen LogP contribution >= 0.6 is 0 Å². The van der Waals surface area contributed by atoms with Crippen molar-refractivity contribution in [2.75, 3.05) is 13.6 Å². The van der Waals surface area contributed by atoms with Gasteiger partial charge >= 0.3 is 0 Å². The van der Waals surface area contributed by atoms with E-state index in [-0.39, 0.29) is 41.5 Å². The van der Waals surface area contributed by atoms with Gasteiger partial charge in [-0.1, -0.05) is 24.3 Å². The molecule has 0 bridgehead atoms. The predicted molar refractivity (Wildman–Crippen MR) is 100 cm³/mol. The maximum absolute atomic E-state index is 13.0. The van der Waals surface area contributed by atoms with Crippen molar-refractivity contribution in [1.29, 1.82) is 0 Å². The molecule has 8 heteroatoms. The van der Waals surface area contributed by atoms with Gasteiger partial charge in [0.25, 0.3) is 10.0 Å². The molecule has 3 rings (SSSR count). The Hall–Kier alpha value is -2.74. The number of nitrogens with zero attached hydrogens (tertiary/aromatic N) is 2. The standard InChI is InChI=1S/C19H20FN3O3S/c1-13(14-7-9-15(20)10-8-14)23(2)18(24)11-12-21-19-16-5-3-4-6-17(16)27(25,26)22-19/h3-10,13H,11-12H2,1-2H3,(H,21,22)/t13-/m0/s1. The van der Waals surface area contributed by atoms with E-state index in [0.29, 0.717) is 5.56 Å². The highest BCUT2D eigenvalue weighted by Gasteiger charge is 2.30. The van der Waals surface area contributed by atoms with Crippen molar-refractivity contribution in [2.24, 2.45) is 4.99 Å². The molecule has 2 aromatic rings. The quantitative estimate of drug-likeness (QED) is 0.853. The van der Waals surface area contributed by atoms with Gasteiger partial charge in [-0.3, -0.25) is 14.5 Å². The zero-order valence-corrected chi connectivity index (χ0v) is 15.8. The molecule has 1 amide bonds. The highest BCUT2D eigenvalue weighted by molar-refractivity contribution is 7.90. The van der Waals surface area contributed by atoms with E-state index >= 15 is 0 Å². The number of sulfonamides is 1. The van der Waals surface area contributed by atoms with Crippen LogP contribution in [-0.2, 0) is 14.8 Å². The Labute approximate surface area is 157 Å². The van der Waals surface area contributed by atoms with E-state index in [1.165, 1.54) is 18.2 Å². The lowest BCUT2D eigenvalue weighted by Crippen LogP contribution is -2.30. The van der Waals surface area contributed by atoms with Gasteiger partial charge in [-0.05, 0) is 36.8 Å². The molecule has 0 fully saturated rings. The molecule has 0 radical (unpaired) electrons. The molecular formula is C19H20FN3O3S. The fourth-order valence-electron chi connectivity index (χ4n) is 2.87. The van der Waals surface area contributed by atoms with Gasteiger partial charge in [0.2, 0.25) is 5.91 Å². The molecule has 1 atom stereocenters. The summed E-state index contributed by atoms with van der Waals surface area (Å²) < 4.78 is 39.5. The summed E-state index contributed by atoms with van der Waals surface area (Å²) in [4.78, 5) is 18.4. The van der Waals surface area contributed by atoms with Crippen LogP contribution in [0.15, 0.2) is 58.4 Å². The van der Waals surface area contributed by atoms with E-state index in [9.17, 15) is 17.6 Å². The zero-order valence-electron chi connectivity index (χ0n) is 15.0. The van der Waals surface area contributed by atoms with E-state index < -0.39 is 10.0 Å². The summed E-state index contributed by atoms with van der Waals surface area (Å²) in [5.41, 5.74) is 1.34. The lowest BCUT2D eigenvalue weighted by Gasteiger charge is -2.25.